The lowest BCUT2D eigenvalue weighted by Gasteiger charge is -2.10. The van der Waals surface area contributed by atoms with Crippen molar-refractivity contribution in [2.45, 2.75) is 60.4 Å². The summed E-state index contributed by atoms with van der Waals surface area (Å²) in [6, 6.07) is 0.477. The van der Waals surface area contributed by atoms with Gasteiger partial charge in [0.15, 0.2) is 0 Å². The maximum absolute atomic E-state index is 11.3. The van der Waals surface area contributed by atoms with Crippen LogP contribution in [0.5, 0.6) is 0 Å². The molecule has 1 aliphatic rings. The van der Waals surface area contributed by atoms with Crippen LogP contribution in [0.3, 0.4) is 0 Å². The highest BCUT2D eigenvalue weighted by atomic mass is 16.3. The zero-order valence-corrected chi connectivity index (χ0v) is 10.8. The SMILES string of the molecule is C.CC.CC(C)C(=O)CC1CCCN1.O=CO. The molecule has 2 N–H and O–H groups in total. The van der Waals surface area contributed by atoms with Crippen molar-refractivity contribution in [3.05, 3.63) is 0 Å². The third kappa shape index (κ3) is 13.0. The van der Waals surface area contributed by atoms with Gasteiger partial charge in [-0.15, -0.1) is 0 Å². The van der Waals surface area contributed by atoms with Crippen LogP contribution >= 0.6 is 0 Å². The van der Waals surface area contributed by atoms with E-state index < -0.39 is 0 Å². The van der Waals surface area contributed by atoms with Crippen molar-refractivity contribution >= 4 is 12.3 Å². The van der Waals surface area contributed by atoms with Crippen LogP contribution in [-0.4, -0.2) is 29.9 Å². The summed E-state index contributed by atoms with van der Waals surface area (Å²) < 4.78 is 0. The van der Waals surface area contributed by atoms with E-state index >= 15 is 0 Å². The Morgan fingerprint density at radius 3 is 2.24 bits per heavy atom. The number of ketones is 1. The summed E-state index contributed by atoms with van der Waals surface area (Å²) in [5.74, 6) is 0.599. The van der Waals surface area contributed by atoms with Crippen LogP contribution in [0.4, 0.5) is 0 Å². The number of carboxylic acid groups (broad SMARTS) is 1. The van der Waals surface area contributed by atoms with Crippen LogP contribution in [0, 0.1) is 5.92 Å². The minimum absolute atomic E-state index is 0. The van der Waals surface area contributed by atoms with Crippen LogP contribution in [-0.2, 0) is 9.59 Å². The summed E-state index contributed by atoms with van der Waals surface area (Å²) in [5.41, 5.74) is 0. The lowest BCUT2D eigenvalue weighted by Crippen LogP contribution is -2.26. The van der Waals surface area contributed by atoms with Gasteiger partial charge in [-0.1, -0.05) is 35.1 Å². The van der Waals surface area contributed by atoms with Crippen molar-refractivity contribution < 1.29 is 14.7 Å². The first-order valence-electron chi connectivity index (χ1n) is 5.95. The molecule has 0 amide bonds. The monoisotopic (exact) mass is 247 g/mol. The standard InChI is InChI=1S/C9H17NO.C2H6.CH2O2.CH4/c1-7(2)9(11)6-8-4-3-5-10-8;1-2;2-1-3;/h7-8,10H,3-6H2,1-2H3;1-2H3;1H,(H,2,3);1H4. The fourth-order valence-electron chi connectivity index (χ4n) is 1.41. The van der Waals surface area contributed by atoms with Crippen LogP contribution in [0.2, 0.25) is 0 Å². The van der Waals surface area contributed by atoms with Crippen LogP contribution in [0.1, 0.15) is 54.4 Å². The van der Waals surface area contributed by atoms with Gasteiger partial charge in [0.1, 0.15) is 5.78 Å². The van der Waals surface area contributed by atoms with Crippen LogP contribution in [0.15, 0.2) is 0 Å². The lowest BCUT2D eigenvalue weighted by molar-refractivity contribution is -0.123. The summed E-state index contributed by atoms with van der Waals surface area (Å²) >= 11 is 0. The van der Waals surface area contributed by atoms with E-state index in [2.05, 4.69) is 5.32 Å². The summed E-state index contributed by atoms with van der Waals surface area (Å²) in [6.45, 7) is 8.78. The summed E-state index contributed by atoms with van der Waals surface area (Å²) in [6.07, 6.45) is 3.15. The average Bonchev–Trinajstić information content (AvgIpc) is 2.74. The fourth-order valence-corrected chi connectivity index (χ4v) is 1.41. The molecule has 1 unspecified atom stereocenters. The fraction of sp³-hybridized carbons (Fsp3) is 0.846. The Morgan fingerprint density at radius 1 is 1.47 bits per heavy atom. The molecular formula is C13H29NO3. The quantitative estimate of drug-likeness (QED) is 0.753. The first-order valence-corrected chi connectivity index (χ1v) is 5.95. The van der Waals surface area contributed by atoms with E-state index in [9.17, 15) is 4.79 Å². The summed E-state index contributed by atoms with van der Waals surface area (Å²) in [5, 5.41) is 10.2. The first kappa shape index (κ1) is 21.4. The lowest BCUT2D eigenvalue weighted by atomic mass is 10.0. The number of carbonyl (C=O) groups is 2. The summed E-state index contributed by atoms with van der Waals surface area (Å²) in [7, 11) is 0. The molecule has 0 bridgehead atoms. The van der Waals surface area contributed by atoms with Gasteiger partial charge in [-0.25, -0.2) is 0 Å². The second-order valence-corrected chi connectivity index (χ2v) is 3.72. The van der Waals surface area contributed by atoms with E-state index in [-0.39, 0.29) is 19.8 Å². The second kappa shape index (κ2) is 15.1. The Kier molecular flexibility index (Phi) is 19.0. The molecule has 0 saturated carbocycles. The number of hydrogen-bond acceptors (Lipinski definition) is 3. The molecule has 17 heavy (non-hydrogen) atoms. The topological polar surface area (TPSA) is 66.4 Å². The maximum atomic E-state index is 11.3. The van der Waals surface area contributed by atoms with Gasteiger partial charge in [-0.05, 0) is 19.4 Å². The zero-order valence-electron chi connectivity index (χ0n) is 10.8. The van der Waals surface area contributed by atoms with Gasteiger partial charge in [-0.2, -0.15) is 0 Å². The molecule has 104 valence electrons. The molecule has 1 aliphatic heterocycles. The maximum Gasteiger partial charge on any atom is 0.290 e. The molecule has 0 aromatic rings. The third-order valence-corrected chi connectivity index (χ3v) is 2.25. The first-order chi connectivity index (χ1) is 7.61. The molecule has 0 radical (unpaired) electrons. The Morgan fingerprint density at radius 2 is 1.94 bits per heavy atom. The van der Waals surface area contributed by atoms with Crippen LogP contribution in [0.25, 0.3) is 0 Å². The molecule has 1 saturated heterocycles. The van der Waals surface area contributed by atoms with Crippen molar-refractivity contribution in [3.8, 4) is 0 Å². The van der Waals surface area contributed by atoms with Crippen molar-refractivity contribution in [2.75, 3.05) is 6.54 Å². The number of rotatable bonds is 3. The van der Waals surface area contributed by atoms with E-state index in [1.165, 1.54) is 12.8 Å². The highest BCUT2D eigenvalue weighted by Crippen LogP contribution is 2.11. The number of nitrogens with one attached hydrogen (secondary N) is 1. The molecule has 0 aromatic heterocycles. The Balaban J connectivity index is -0.000000286. The number of Topliss-reactive ketones (excluding diaryl/α,β-unsaturated/α-hetero) is 1. The van der Waals surface area contributed by atoms with E-state index in [1.807, 2.05) is 27.7 Å². The molecule has 0 aliphatic carbocycles. The highest BCUT2D eigenvalue weighted by molar-refractivity contribution is 5.80. The Bertz CT molecular complexity index is 176. The van der Waals surface area contributed by atoms with E-state index in [4.69, 9.17) is 9.90 Å². The Labute approximate surface area is 106 Å². The zero-order chi connectivity index (χ0) is 13.0. The average molecular weight is 247 g/mol. The van der Waals surface area contributed by atoms with Crippen molar-refractivity contribution in [1.29, 1.82) is 0 Å². The predicted octanol–water partition coefficient (Wildman–Crippen LogP) is 2.72. The number of carbonyl (C=O) groups excluding carboxylic acids is 1. The largest absolute Gasteiger partial charge is 0.483 e. The van der Waals surface area contributed by atoms with Gasteiger partial charge in [0.2, 0.25) is 0 Å². The molecule has 0 aromatic carbocycles. The molecule has 0 spiro atoms. The van der Waals surface area contributed by atoms with E-state index in [1.54, 1.807) is 0 Å². The molecular weight excluding hydrogens is 218 g/mol. The van der Waals surface area contributed by atoms with Gasteiger partial charge < -0.3 is 10.4 Å². The van der Waals surface area contributed by atoms with Gasteiger partial charge in [0.25, 0.3) is 6.47 Å². The van der Waals surface area contributed by atoms with Crippen molar-refractivity contribution in [2.24, 2.45) is 5.92 Å². The van der Waals surface area contributed by atoms with Crippen LogP contribution < -0.4 is 5.32 Å². The predicted molar refractivity (Wildman–Crippen MR) is 72.3 cm³/mol. The molecule has 4 heteroatoms. The minimum Gasteiger partial charge on any atom is -0.483 e. The molecule has 1 rings (SSSR count). The van der Waals surface area contributed by atoms with E-state index in [0.717, 1.165) is 13.0 Å². The van der Waals surface area contributed by atoms with Crippen molar-refractivity contribution in [3.63, 3.8) is 0 Å². The van der Waals surface area contributed by atoms with Crippen molar-refractivity contribution in [1.82, 2.24) is 5.32 Å². The Hall–Kier alpha value is -0.900. The van der Waals surface area contributed by atoms with Gasteiger partial charge in [0, 0.05) is 18.4 Å². The minimum atomic E-state index is -0.250. The molecule has 1 fully saturated rings. The highest BCUT2D eigenvalue weighted by Gasteiger charge is 2.18. The molecule has 1 atom stereocenters. The summed E-state index contributed by atoms with van der Waals surface area (Å²) in [4.78, 5) is 19.6. The molecule has 4 nitrogen and oxygen atoms in total. The second-order valence-electron chi connectivity index (χ2n) is 3.72. The normalized spacial score (nSPS) is 16.9. The van der Waals surface area contributed by atoms with Gasteiger partial charge in [-0.3, -0.25) is 9.59 Å². The smallest absolute Gasteiger partial charge is 0.290 e. The van der Waals surface area contributed by atoms with Gasteiger partial charge in [0.05, 0.1) is 0 Å². The van der Waals surface area contributed by atoms with E-state index in [0.29, 0.717) is 11.8 Å². The van der Waals surface area contributed by atoms with Gasteiger partial charge >= 0.3 is 0 Å². The molecule has 1 heterocycles. The number of hydrogen-bond donors (Lipinski definition) is 2. The third-order valence-electron chi connectivity index (χ3n) is 2.25.